The maximum atomic E-state index is 9.78. The maximum absolute atomic E-state index is 9.78. The van der Waals surface area contributed by atoms with Crippen molar-refractivity contribution < 1.29 is 14.9 Å². The highest BCUT2D eigenvalue weighted by atomic mass is 16.5. The molecule has 0 unspecified atom stereocenters. The Hall–Kier alpha value is -2.12. The Kier molecular flexibility index (Phi) is 4.55. The van der Waals surface area contributed by atoms with Gasteiger partial charge in [0, 0.05) is 17.5 Å². The molecule has 22 heavy (non-hydrogen) atoms. The molecule has 1 heterocycles. The Balaban J connectivity index is 1.70. The van der Waals surface area contributed by atoms with Gasteiger partial charge in [0.25, 0.3) is 0 Å². The molecule has 2 aromatic rings. The molecule has 0 saturated carbocycles. The topological polar surface area (TPSA) is 49.7 Å². The molecular formula is C19H18O3. The number of ether oxygens (including phenoxy) is 1. The molecule has 3 rings (SSSR count). The van der Waals surface area contributed by atoms with Crippen molar-refractivity contribution in [2.24, 2.45) is 0 Å². The molecular weight excluding hydrogens is 276 g/mol. The largest absolute Gasteiger partial charge is 0.394 e. The molecule has 0 radical (unpaired) electrons. The molecule has 112 valence electrons. The summed E-state index contributed by atoms with van der Waals surface area (Å²) >= 11 is 0. The smallest absolute Gasteiger partial charge is 0.107 e. The van der Waals surface area contributed by atoms with E-state index in [0.717, 1.165) is 16.7 Å². The van der Waals surface area contributed by atoms with Crippen LogP contribution in [0.2, 0.25) is 0 Å². The van der Waals surface area contributed by atoms with Gasteiger partial charge in [-0.25, -0.2) is 0 Å². The van der Waals surface area contributed by atoms with E-state index >= 15 is 0 Å². The van der Waals surface area contributed by atoms with Crippen molar-refractivity contribution in [3.05, 3.63) is 71.3 Å². The summed E-state index contributed by atoms with van der Waals surface area (Å²) in [5.74, 6) is 6.25. The van der Waals surface area contributed by atoms with Crippen LogP contribution < -0.4 is 0 Å². The van der Waals surface area contributed by atoms with E-state index in [-0.39, 0.29) is 12.7 Å². The predicted molar refractivity (Wildman–Crippen MR) is 84.2 cm³/mol. The van der Waals surface area contributed by atoms with E-state index in [1.54, 1.807) is 0 Å². The van der Waals surface area contributed by atoms with Gasteiger partial charge in [-0.05, 0) is 29.8 Å². The zero-order chi connectivity index (χ0) is 15.4. The second kappa shape index (κ2) is 6.76. The summed E-state index contributed by atoms with van der Waals surface area (Å²) in [5.41, 5.74) is 2.92. The summed E-state index contributed by atoms with van der Waals surface area (Å²) in [7, 11) is 0. The second-order valence-corrected chi connectivity index (χ2v) is 5.39. The van der Waals surface area contributed by atoms with Gasteiger partial charge in [-0.2, -0.15) is 0 Å². The number of hydrogen-bond acceptors (Lipinski definition) is 3. The minimum Gasteiger partial charge on any atom is -0.394 e. The quantitative estimate of drug-likeness (QED) is 0.835. The van der Waals surface area contributed by atoms with E-state index in [1.165, 1.54) is 0 Å². The van der Waals surface area contributed by atoms with Crippen molar-refractivity contribution in [1.82, 2.24) is 0 Å². The van der Waals surface area contributed by atoms with Crippen molar-refractivity contribution >= 4 is 0 Å². The Labute approximate surface area is 130 Å². The number of benzene rings is 2. The first-order valence-corrected chi connectivity index (χ1v) is 7.37. The van der Waals surface area contributed by atoms with Crippen LogP contribution in [0.3, 0.4) is 0 Å². The lowest BCUT2D eigenvalue weighted by Gasteiger charge is -2.12. The maximum Gasteiger partial charge on any atom is 0.107 e. The normalized spacial score (nSPS) is 23.8. The average molecular weight is 294 g/mol. The minimum absolute atomic E-state index is 0.154. The summed E-state index contributed by atoms with van der Waals surface area (Å²) in [4.78, 5) is 0. The molecule has 1 aliphatic heterocycles. The highest BCUT2D eigenvalue weighted by Crippen LogP contribution is 2.32. The first kappa shape index (κ1) is 14.8. The summed E-state index contributed by atoms with van der Waals surface area (Å²) in [6.07, 6.45) is -0.737. The van der Waals surface area contributed by atoms with Crippen LogP contribution in [-0.2, 0) is 4.74 Å². The monoisotopic (exact) mass is 294 g/mol. The lowest BCUT2D eigenvalue weighted by atomic mass is 10.0. The van der Waals surface area contributed by atoms with Gasteiger partial charge in [-0.15, -0.1) is 0 Å². The van der Waals surface area contributed by atoms with Crippen LogP contribution in [0.4, 0.5) is 0 Å². The highest BCUT2D eigenvalue weighted by Gasteiger charge is 2.33. The zero-order valence-corrected chi connectivity index (χ0v) is 12.1. The number of aliphatic hydroxyl groups is 2. The van der Waals surface area contributed by atoms with Gasteiger partial charge in [0.05, 0.1) is 18.8 Å². The van der Waals surface area contributed by atoms with Crippen LogP contribution in [0, 0.1) is 11.8 Å². The van der Waals surface area contributed by atoms with Crippen molar-refractivity contribution in [2.45, 2.75) is 24.7 Å². The molecule has 0 aromatic heterocycles. The van der Waals surface area contributed by atoms with Gasteiger partial charge in [0.1, 0.15) is 6.10 Å². The Morgan fingerprint density at radius 2 is 1.59 bits per heavy atom. The fraction of sp³-hybridized carbons (Fsp3) is 0.263. The van der Waals surface area contributed by atoms with Crippen molar-refractivity contribution in [3.8, 4) is 11.8 Å². The minimum atomic E-state index is -0.604. The lowest BCUT2D eigenvalue weighted by Crippen LogP contribution is -2.24. The molecule has 1 fully saturated rings. The average Bonchev–Trinajstić information content (AvgIpc) is 2.95. The summed E-state index contributed by atoms with van der Waals surface area (Å²) in [6, 6.07) is 17.7. The molecule has 2 aromatic carbocycles. The van der Waals surface area contributed by atoms with E-state index in [0.29, 0.717) is 6.42 Å². The fourth-order valence-electron chi connectivity index (χ4n) is 2.55. The van der Waals surface area contributed by atoms with Crippen LogP contribution in [0.15, 0.2) is 54.6 Å². The van der Waals surface area contributed by atoms with Gasteiger partial charge >= 0.3 is 0 Å². The van der Waals surface area contributed by atoms with E-state index in [2.05, 4.69) is 11.8 Å². The van der Waals surface area contributed by atoms with E-state index in [4.69, 9.17) is 9.84 Å². The Morgan fingerprint density at radius 3 is 2.18 bits per heavy atom. The first-order valence-electron chi connectivity index (χ1n) is 7.37. The molecule has 0 amide bonds. The van der Waals surface area contributed by atoms with E-state index < -0.39 is 12.2 Å². The first-order chi connectivity index (χ1) is 10.8. The Bertz CT molecular complexity index is 667. The predicted octanol–water partition coefficient (Wildman–Crippen LogP) is 2.27. The summed E-state index contributed by atoms with van der Waals surface area (Å²) in [5, 5.41) is 18.9. The van der Waals surface area contributed by atoms with E-state index in [1.807, 2.05) is 54.6 Å². The molecule has 3 atom stereocenters. The second-order valence-electron chi connectivity index (χ2n) is 5.39. The van der Waals surface area contributed by atoms with Crippen molar-refractivity contribution in [1.29, 1.82) is 0 Å². The molecule has 0 spiro atoms. The summed E-state index contributed by atoms with van der Waals surface area (Å²) in [6.45, 7) is -0.154. The third-order valence-electron chi connectivity index (χ3n) is 3.81. The molecule has 3 heteroatoms. The van der Waals surface area contributed by atoms with Crippen molar-refractivity contribution in [3.63, 3.8) is 0 Å². The zero-order valence-electron chi connectivity index (χ0n) is 12.1. The third-order valence-corrected chi connectivity index (χ3v) is 3.81. The van der Waals surface area contributed by atoms with Gasteiger partial charge < -0.3 is 14.9 Å². The molecule has 3 nitrogen and oxygen atoms in total. The SMILES string of the molecule is OC[C@H]1O[C@@H](c2ccc(C#Cc3ccccc3)cc2)C[C@H]1O. The lowest BCUT2D eigenvalue weighted by molar-refractivity contribution is -0.0225. The third kappa shape index (κ3) is 3.37. The van der Waals surface area contributed by atoms with Gasteiger partial charge in [0.15, 0.2) is 0 Å². The van der Waals surface area contributed by atoms with Gasteiger partial charge in [0.2, 0.25) is 0 Å². The molecule has 1 saturated heterocycles. The molecule has 2 N–H and O–H groups in total. The van der Waals surface area contributed by atoms with Crippen molar-refractivity contribution in [2.75, 3.05) is 6.61 Å². The van der Waals surface area contributed by atoms with Crippen LogP contribution in [0.1, 0.15) is 29.2 Å². The molecule has 0 aliphatic carbocycles. The van der Waals surface area contributed by atoms with Crippen LogP contribution in [-0.4, -0.2) is 29.0 Å². The number of rotatable bonds is 2. The van der Waals surface area contributed by atoms with Crippen LogP contribution >= 0.6 is 0 Å². The van der Waals surface area contributed by atoms with Crippen LogP contribution in [0.5, 0.6) is 0 Å². The number of aliphatic hydroxyl groups excluding tert-OH is 2. The van der Waals surface area contributed by atoms with E-state index in [9.17, 15) is 5.11 Å². The fourth-order valence-corrected chi connectivity index (χ4v) is 2.55. The molecule has 1 aliphatic rings. The van der Waals surface area contributed by atoms with Gasteiger partial charge in [-0.3, -0.25) is 0 Å². The van der Waals surface area contributed by atoms with Crippen LogP contribution in [0.25, 0.3) is 0 Å². The standard InChI is InChI=1S/C19H18O3/c20-13-19-17(21)12-18(22-19)16-10-8-15(9-11-16)7-6-14-4-2-1-3-5-14/h1-5,8-11,17-21H,12-13H2/t17-,18-,19-/m1/s1. The highest BCUT2D eigenvalue weighted by molar-refractivity contribution is 5.43. The molecule has 0 bridgehead atoms. The van der Waals surface area contributed by atoms with Gasteiger partial charge in [-0.1, -0.05) is 42.2 Å². The Morgan fingerprint density at radius 1 is 0.955 bits per heavy atom. The summed E-state index contributed by atoms with van der Waals surface area (Å²) < 4.78 is 5.64. The number of hydrogen-bond donors (Lipinski definition) is 2.